The minimum Gasteiger partial charge on any atom is -0.496 e. The highest BCUT2D eigenvalue weighted by molar-refractivity contribution is 6.31. The SMILES string of the molecule is CCCCCC(=O)NNC(=O)c1cc(Cl)ccc1OC. The van der Waals surface area contributed by atoms with Crippen molar-refractivity contribution in [1.29, 1.82) is 0 Å². The number of hydrazine groups is 1. The first-order chi connectivity index (χ1) is 9.58. The zero-order valence-corrected chi connectivity index (χ0v) is 12.4. The van der Waals surface area contributed by atoms with Crippen LogP contribution >= 0.6 is 11.6 Å². The molecule has 0 heterocycles. The van der Waals surface area contributed by atoms with Crippen LogP contribution in [0.4, 0.5) is 0 Å². The van der Waals surface area contributed by atoms with E-state index in [0.717, 1.165) is 19.3 Å². The van der Waals surface area contributed by atoms with E-state index in [0.29, 0.717) is 17.2 Å². The predicted octanol–water partition coefficient (Wildman–Crippen LogP) is 2.69. The van der Waals surface area contributed by atoms with Gasteiger partial charge in [0.25, 0.3) is 5.91 Å². The lowest BCUT2D eigenvalue weighted by Crippen LogP contribution is -2.41. The van der Waals surface area contributed by atoms with Crippen LogP contribution in [0.1, 0.15) is 43.0 Å². The fourth-order valence-corrected chi connectivity index (χ4v) is 1.82. The molecular weight excluding hydrogens is 280 g/mol. The number of ether oxygens (including phenoxy) is 1. The quantitative estimate of drug-likeness (QED) is 0.627. The molecule has 110 valence electrons. The Kier molecular flexibility index (Phi) is 6.87. The number of unbranched alkanes of at least 4 members (excludes halogenated alkanes) is 2. The molecule has 0 saturated heterocycles. The van der Waals surface area contributed by atoms with Crippen molar-refractivity contribution in [3.8, 4) is 5.75 Å². The number of carbonyl (C=O) groups excluding carboxylic acids is 2. The van der Waals surface area contributed by atoms with Crippen LogP contribution in [0.15, 0.2) is 18.2 Å². The number of hydrogen-bond acceptors (Lipinski definition) is 3. The van der Waals surface area contributed by atoms with Crippen LogP contribution in [0.5, 0.6) is 5.75 Å². The van der Waals surface area contributed by atoms with Crippen LogP contribution in [-0.2, 0) is 4.79 Å². The van der Waals surface area contributed by atoms with Gasteiger partial charge in [-0.25, -0.2) is 0 Å². The van der Waals surface area contributed by atoms with Gasteiger partial charge in [0.05, 0.1) is 12.7 Å². The molecule has 0 spiro atoms. The van der Waals surface area contributed by atoms with E-state index in [-0.39, 0.29) is 11.5 Å². The highest BCUT2D eigenvalue weighted by Crippen LogP contribution is 2.22. The lowest BCUT2D eigenvalue weighted by atomic mass is 10.2. The van der Waals surface area contributed by atoms with Gasteiger partial charge in [0.1, 0.15) is 5.75 Å². The number of hydrogen-bond donors (Lipinski definition) is 2. The van der Waals surface area contributed by atoms with Gasteiger partial charge in [-0.05, 0) is 24.6 Å². The summed E-state index contributed by atoms with van der Waals surface area (Å²) in [4.78, 5) is 23.4. The Hall–Kier alpha value is -1.75. The maximum absolute atomic E-state index is 11.9. The van der Waals surface area contributed by atoms with Gasteiger partial charge in [-0.2, -0.15) is 0 Å². The molecule has 0 aliphatic rings. The van der Waals surface area contributed by atoms with Gasteiger partial charge in [0, 0.05) is 11.4 Å². The molecule has 0 bridgehead atoms. The second-order valence-corrected chi connectivity index (χ2v) is 4.74. The zero-order chi connectivity index (χ0) is 15.0. The van der Waals surface area contributed by atoms with Crippen LogP contribution in [0, 0.1) is 0 Å². The highest BCUT2D eigenvalue weighted by atomic mass is 35.5. The number of methoxy groups -OCH3 is 1. The molecule has 0 fully saturated rings. The molecule has 0 aliphatic heterocycles. The molecule has 1 rings (SSSR count). The Morgan fingerprint density at radius 1 is 1.25 bits per heavy atom. The molecule has 1 aromatic rings. The van der Waals surface area contributed by atoms with E-state index in [1.165, 1.54) is 13.2 Å². The highest BCUT2D eigenvalue weighted by Gasteiger charge is 2.13. The van der Waals surface area contributed by atoms with Crippen LogP contribution in [0.3, 0.4) is 0 Å². The largest absolute Gasteiger partial charge is 0.496 e. The lowest BCUT2D eigenvalue weighted by Gasteiger charge is -2.10. The average Bonchev–Trinajstić information content (AvgIpc) is 2.45. The molecule has 2 amide bonds. The molecule has 0 aromatic heterocycles. The number of nitrogens with one attached hydrogen (secondary N) is 2. The molecule has 5 nitrogen and oxygen atoms in total. The maximum Gasteiger partial charge on any atom is 0.273 e. The van der Waals surface area contributed by atoms with E-state index in [1.807, 2.05) is 0 Å². The van der Waals surface area contributed by atoms with E-state index in [2.05, 4.69) is 17.8 Å². The van der Waals surface area contributed by atoms with E-state index >= 15 is 0 Å². The summed E-state index contributed by atoms with van der Waals surface area (Å²) < 4.78 is 5.08. The average molecular weight is 299 g/mol. The molecule has 0 saturated carbocycles. The summed E-state index contributed by atoms with van der Waals surface area (Å²) in [5.74, 6) is -0.284. The van der Waals surface area contributed by atoms with Crippen LogP contribution in [-0.4, -0.2) is 18.9 Å². The summed E-state index contributed by atoms with van der Waals surface area (Å²) in [5.41, 5.74) is 5.00. The number of carbonyl (C=O) groups is 2. The summed E-state index contributed by atoms with van der Waals surface area (Å²) in [5, 5.41) is 0.422. The summed E-state index contributed by atoms with van der Waals surface area (Å²) in [6, 6.07) is 4.71. The molecule has 20 heavy (non-hydrogen) atoms. The standard InChI is InChI=1S/C14H19ClN2O3/c1-3-4-5-6-13(18)16-17-14(19)11-9-10(15)7-8-12(11)20-2/h7-9H,3-6H2,1-2H3,(H,16,18)(H,17,19). The maximum atomic E-state index is 11.9. The van der Waals surface area contributed by atoms with E-state index in [4.69, 9.17) is 16.3 Å². The lowest BCUT2D eigenvalue weighted by molar-refractivity contribution is -0.121. The monoisotopic (exact) mass is 298 g/mol. The van der Waals surface area contributed by atoms with Gasteiger partial charge < -0.3 is 4.74 Å². The van der Waals surface area contributed by atoms with Crippen molar-refractivity contribution in [2.45, 2.75) is 32.6 Å². The number of halogens is 1. The van der Waals surface area contributed by atoms with E-state index in [1.54, 1.807) is 12.1 Å². The smallest absolute Gasteiger partial charge is 0.273 e. The van der Waals surface area contributed by atoms with Gasteiger partial charge in [-0.1, -0.05) is 31.4 Å². The van der Waals surface area contributed by atoms with Crippen molar-refractivity contribution in [2.24, 2.45) is 0 Å². The van der Waals surface area contributed by atoms with Crippen LogP contribution < -0.4 is 15.6 Å². The van der Waals surface area contributed by atoms with Gasteiger partial charge in [0.2, 0.25) is 5.91 Å². The van der Waals surface area contributed by atoms with Crippen molar-refractivity contribution in [3.05, 3.63) is 28.8 Å². The fourth-order valence-electron chi connectivity index (χ4n) is 1.65. The van der Waals surface area contributed by atoms with Crippen molar-refractivity contribution >= 4 is 23.4 Å². The second-order valence-electron chi connectivity index (χ2n) is 4.30. The Labute approximate surface area is 123 Å². The van der Waals surface area contributed by atoms with Gasteiger partial charge >= 0.3 is 0 Å². The Balaban J connectivity index is 2.54. The van der Waals surface area contributed by atoms with Gasteiger partial charge in [-0.15, -0.1) is 0 Å². The van der Waals surface area contributed by atoms with E-state index < -0.39 is 5.91 Å². The van der Waals surface area contributed by atoms with Crippen LogP contribution in [0.25, 0.3) is 0 Å². The second kappa shape index (κ2) is 8.43. The van der Waals surface area contributed by atoms with Crippen LogP contribution in [0.2, 0.25) is 5.02 Å². The third kappa shape index (κ3) is 5.09. The predicted molar refractivity (Wildman–Crippen MR) is 77.8 cm³/mol. The number of rotatable bonds is 6. The van der Waals surface area contributed by atoms with Crippen molar-refractivity contribution in [1.82, 2.24) is 10.9 Å². The molecular formula is C14H19ClN2O3. The molecule has 1 aromatic carbocycles. The molecule has 2 N–H and O–H groups in total. The molecule has 0 aliphatic carbocycles. The first kappa shape index (κ1) is 16.3. The summed E-state index contributed by atoms with van der Waals surface area (Å²) in [6.45, 7) is 2.06. The minimum absolute atomic E-state index is 0.215. The van der Waals surface area contributed by atoms with Gasteiger partial charge in [-0.3, -0.25) is 20.4 Å². The van der Waals surface area contributed by atoms with Crippen molar-refractivity contribution in [2.75, 3.05) is 7.11 Å². The zero-order valence-electron chi connectivity index (χ0n) is 11.7. The normalized spacial score (nSPS) is 9.95. The summed E-state index contributed by atoms with van der Waals surface area (Å²) >= 11 is 5.84. The topological polar surface area (TPSA) is 67.4 Å². The van der Waals surface area contributed by atoms with Crippen molar-refractivity contribution < 1.29 is 14.3 Å². The first-order valence-electron chi connectivity index (χ1n) is 6.51. The Morgan fingerprint density at radius 2 is 2.00 bits per heavy atom. The molecule has 6 heteroatoms. The minimum atomic E-state index is -0.465. The summed E-state index contributed by atoms with van der Waals surface area (Å²) in [6.07, 6.45) is 3.22. The molecule has 0 unspecified atom stereocenters. The van der Waals surface area contributed by atoms with Crippen molar-refractivity contribution in [3.63, 3.8) is 0 Å². The van der Waals surface area contributed by atoms with E-state index in [9.17, 15) is 9.59 Å². The first-order valence-corrected chi connectivity index (χ1v) is 6.89. The Morgan fingerprint density at radius 3 is 2.65 bits per heavy atom. The third-order valence-corrected chi connectivity index (χ3v) is 2.96. The molecule has 0 atom stereocenters. The number of benzene rings is 1. The molecule has 0 radical (unpaired) electrons. The fraction of sp³-hybridized carbons (Fsp3) is 0.429. The summed E-state index contributed by atoms with van der Waals surface area (Å²) in [7, 11) is 1.46. The number of amides is 2. The third-order valence-electron chi connectivity index (χ3n) is 2.73. The Bertz CT molecular complexity index is 477. The van der Waals surface area contributed by atoms with Gasteiger partial charge in [0.15, 0.2) is 0 Å².